The van der Waals surface area contributed by atoms with E-state index < -0.39 is 6.10 Å². The summed E-state index contributed by atoms with van der Waals surface area (Å²) in [6.07, 6.45) is 6.37. The molecular weight excluding hydrogens is 272 g/mol. The van der Waals surface area contributed by atoms with Gasteiger partial charge in [0.05, 0.1) is 12.4 Å². The molecule has 2 atom stereocenters. The molecule has 1 aliphatic rings. The third-order valence-corrected chi connectivity index (χ3v) is 4.51. The first kappa shape index (κ1) is 13.4. The van der Waals surface area contributed by atoms with Crippen LogP contribution in [0.15, 0.2) is 59.2 Å². The Hall–Kier alpha value is -2.32. The summed E-state index contributed by atoms with van der Waals surface area (Å²) in [5, 5.41) is 11.8. The Morgan fingerprint density at radius 3 is 2.91 bits per heavy atom. The highest BCUT2D eigenvalue weighted by molar-refractivity contribution is 5.81. The highest BCUT2D eigenvalue weighted by atomic mass is 16.3. The maximum Gasteiger partial charge on any atom is 0.134 e. The maximum absolute atomic E-state index is 10.7. The molecule has 4 rings (SSSR count). The van der Waals surface area contributed by atoms with Gasteiger partial charge >= 0.3 is 0 Å². The summed E-state index contributed by atoms with van der Waals surface area (Å²) >= 11 is 0. The molecule has 2 heteroatoms. The van der Waals surface area contributed by atoms with E-state index in [1.54, 1.807) is 0 Å². The highest BCUT2D eigenvalue weighted by Gasteiger charge is 2.25. The van der Waals surface area contributed by atoms with E-state index >= 15 is 0 Å². The van der Waals surface area contributed by atoms with Crippen molar-refractivity contribution in [3.8, 4) is 0 Å². The topological polar surface area (TPSA) is 33.4 Å². The second kappa shape index (κ2) is 5.15. The van der Waals surface area contributed by atoms with Crippen LogP contribution in [0, 0.1) is 12.8 Å². The van der Waals surface area contributed by atoms with Gasteiger partial charge in [-0.15, -0.1) is 0 Å². The molecule has 0 saturated carbocycles. The molecule has 0 radical (unpaired) electrons. The van der Waals surface area contributed by atoms with E-state index in [2.05, 4.69) is 31.2 Å². The average Bonchev–Trinajstić information content (AvgIpc) is 2.92. The van der Waals surface area contributed by atoms with Crippen LogP contribution in [0.2, 0.25) is 0 Å². The van der Waals surface area contributed by atoms with E-state index in [9.17, 15) is 5.11 Å². The summed E-state index contributed by atoms with van der Waals surface area (Å²) in [5.41, 5.74) is 5.42. The molecule has 0 saturated heterocycles. The Balaban J connectivity index is 1.68. The molecule has 2 aromatic carbocycles. The monoisotopic (exact) mass is 290 g/mol. The first-order valence-electron chi connectivity index (χ1n) is 7.64. The fourth-order valence-corrected chi connectivity index (χ4v) is 3.28. The number of rotatable bonds is 2. The molecule has 22 heavy (non-hydrogen) atoms. The molecule has 1 N–H and O–H groups in total. The quantitative estimate of drug-likeness (QED) is 0.744. The van der Waals surface area contributed by atoms with Crippen molar-refractivity contribution in [3.63, 3.8) is 0 Å². The van der Waals surface area contributed by atoms with Gasteiger partial charge in [0.25, 0.3) is 0 Å². The smallest absolute Gasteiger partial charge is 0.134 e. The van der Waals surface area contributed by atoms with E-state index in [1.807, 2.05) is 36.6 Å². The van der Waals surface area contributed by atoms with Gasteiger partial charge in [-0.05, 0) is 42.2 Å². The number of aliphatic hydroxyl groups excluding tert-OH is 1. The van der Waals surface area contributed by atoms with Crippen LogP contribution < -0.4 is 0 Å². The lowest BCUT2D eigenvalue weighted by molar-refractivity contribution is 0.130. The van der Waals surface area contributed by atoms with Crippen LogP contribution in [0.1, 0.15) is 28.4 Å². The summed E-state index contributed by atoms with van der Waals surface area (Å²) in [6.45, 7) is 2.09. The second-order valence-corrected chi connectivity index (χ2v) is 6.06. The van der Waals surface area contributed by atoms with Crippen LogP contribution in [0.4, 0.5) is 0 Å². The van der Waals surface area contributed by atoms with Crippen molar-refractivity contribution in [2.45, 2.75) is 19.4 Å². The van der Waals surface area contributed by atoms with Gasteiger partial charge in [-0.1, -0.05) is 48.0 Å². The summed E-state index contributed by atoms with van der Waals surface area (Å²) < 4.78 is 5.64. The fraction of sp³-hybridized carbons (Fsp3) is 0.200. The molecule has 3 aromatic rings. The summed E-state index contributed by atoms with van der Waals surface area (Å²) in [6, 6.07) is 14.3. The average molecular weight is 290 g/mol. The second-order valence-electron chi connectivity index (χ2n) is 6.06. The lowest BCUT2D eigenvalue weighted by atomic mass is 9.83. The van der Waals surface area contributed by atoms with Crippen molar-refractivity contribution in [2.24, 2.45) is 5.92 Å². The maximum atomic E-state index is 10.7. The molecule has 0 unspecified atom stereocenters. The first-order valence-corrected chi connectivity index (χ1v) is 7.64. The van der Waals surface area contributed by atoms with Gasteiger partial charge < -0.3 is 9.52 Å². The number of aryl methyl sites for hydroxylation is 1. The summed E-state index contributed by atoms with van der Waals surface area (Å²) in [7, 11) is 0. The molecule has 0 spiro atoms. The Bertz CT molecular complexity index is 857. The van der Waals surface area contributed by atoms with Crippen LogP contribution in [0.3, 0.4) is 0 Å². The standard InChI is InChI=1S/C20H18O2/c1-13-6-9-19-18(10-13)16(12-22-19)11-15-8-7-14-4-2-3-5-17(14)20(15)21/h2-10,12,15,20-21H,11H2,1H3/t15-,20+/m0/s1. The van der Waals surface area contributed by atoms with Crippen molar-refractivity contribution in [3.05, 3.63) is 77.1 Å². The molecule has 1 aliphatic carbocycles. The number of hydrogen-bond donors (Lipinski definition) is 1. The van der Waals surface area contributed by atoms with Crippen LogP contribution in [-0.2, 0) is 6.42 Å². The summed E-state index contributed by atoms with van der Waals surface area (Å²) in [5.74, 6) is 0.0798. The Labute approximate surface area is 129 Å². The molecular formula is C20H18O2. The minimum Gasteiger partial charge on any atom is -0.464 e. The number of aliphatic hydroxyl groups is 1. The van der Waals surface area contributed by atoms with Gasteiger partial charge in [0.1, 0.15) is 5.58 Å². The van der Waals surface area contributed by atoms with Crippen molar-refractivity contribution < 1.29 is 9.52 Å². The zero-order valence-electron chi connectivity index (χ0n) is 12.5. The SMILES string of the molecule is Cc1ccc2occ(C[C@@H]3C=Cc4ccccc4[C@@H]3O)c2c1. The van der Waals surface area contributed by atoms with Gasteiger partial charge in [-0.2, -0.15) is 0 Å². The normalized spacial score (nSPS) is 20.3. The molecule has 110 valence electrons. The van der Waals surface area contributed by atoms with Gasteiger partial charge in [-0.25, -0.2) is 0 Å². The Kier molecular flexibility index (Phi) is 3.12. The van der Waals surface area contributed by atoms with Crippen LogP contribution in [0.25, 0.3) is 17.0 Å². The van der Waals surface area contributed by atoms with Crippen LogP contribution in [0.5, 0.6) is 0 Å². The fourth-order valence-electron chi connectivity index (χ4n) is 3.28. The van der Waals surface area contributed by atoms with E-state index in [-0.39, 0.29) is 5.92 Å². The zero-order valence-corrected chi connectivity index (χ0v) is 12.5. The van der Waals surface area contributed by atoms with Gasteiger partial charge in [0.15, 0.2) is 0 Å². The zero-order chi connectivity index (χ0) is 15.1. The summed E-state index contributed by atoms with van der Waals surface area (Å²) in [4.78, 5) is 0. The molecule has 0 bridgehead atoms. The Morgan fingerprint density at radius 2 is 2.00 bits per heavy atom. The minimum atomic E-state index is -0.462. The van der Waals surface area contributed by atoms with Crippen molar-refractivity contribution in [2.75, 3.05) is 0 Å². The lowest BCUT2D eigenvalue weighted by Gasteiger charge is -2.25. The van der Waals surface area contributed by atoms with Crippen molar-refractivity contribution in [1.29, 1.82) is 0 Å². The highest BCUT2D eigenvalue weighted by Crippen LogP contribution is 2.35. The molecule has 2 nitrogen and oxygen atoms in total. The minimum absolute atomic E-state index is 0.0798. The third kappa shape index (κ3) is 2.16. The van der Waals surface area contributed by atoms with E-state index in [0.717, 1.165) is 34.1 Å². The Morgan fingerprint density at radius 1 is 1.14 bits per heavy atom. The van der Waals surface area contributed by atoms with E-state index in [4.69, 9.17) is 4.42 Å². The van der Waals surface area contributed by atoms with Crippen LogP contribution >= 0.6 is 0 Å². The number of benzene rings is 2. The van der Waals surface area contributed by atoms with Crippen LogP contribution in [-0.4, -0.2) is 5.11 Å². The predicted molar refractivity (Wildman–Crippen MR) is 88.6 cm³/mol. The third-order valence-electron chi connectivity index (χ3n) is 4.51. The van der Waals surface area contributed by atoms with Crippen molar-refractivity contribution >= 4 is 17.0 Å². The molecule has 1 aromatic heterocycles. The number of hydrogen-bond acceptors (Lipinski definition) is 2. The van der Waals surface area contributed by atoms with Gasteiger partial charge in [-0.3, -0.25) is 0 Å². The predicted octanol–water partition coefficient (Wildman–Crippen LogP) is 4.66. The number of fused-ring (bicyclic) bond motifs is 2. The molecule has 1 heterocycles. The molecule has 0 amide bonds. The molecule has 0 aliphatic heterocycles. The van der Waals surface area contributed by atoms with E-state index in [0.29, 0.717) is 0 Å². The lowest BCUT2D eigenvalue weighted by Crippen LogP contribution is -2.17. The number of furan rings is 1. The van der Waals surface area contributed by atoms with E-state index in [1.165, 1.54) is 5.56 Å². The van der Waals surface area contributed by atoms with Gasteiger partial charge in [0.2, 0.25) is 0 Å². The van der Waals surface area contributed by atoms with Gasteiger partial charge in [0, 0.05) is 11.3 Å². The largest absolute Gasteiger partial charge is 0.464 e. The van der Waals surface area contributed by atoms with Crippen molar-refractivity contribution in [1.82, 2.24) is 0 Å². The molecule has 0 fully saturated rings. The first-order chi connectivity index (χ1) is 10.7.